The van der Waals surface area contributed by atoms with E-state index in [-0.39, 0.29) is 17.9 Å². The Balaban J connectivity index is 1.60. The van der Waals surface area contributed by atoms with Crippen LogP contribution in [0, 0.1) is 11.8 Å². The van der Waals surface area contributed by atoms with Gasteiger partial charge in [0.1, 0.15) is 0 Å². The number of rotatable bonds is 5. The molecule has 2 aliphatic rings. The van der Waals surface area contributed by atoms with E-state index in [1.165, 1.54) is 24.8 Å². The summed E-state index contributed by atoms with van der Waals surface area (Å²) in [6, 6.07) is 10.3. The average Bonchev–Trinajstić information content (AvgIpc) is 2.79. The van der Waals surface area contributed by atoms with E-state index in [2.05, 4.69) is 22.4 Å². The minimum absolute atomic E-state index is 0.107. The molecule has 23 heavy (non-hydrogen) atoms. The Morgan fingerprint density at radius 1 is 1.35 bits per heavy atom. The van der Waals surface area contributed by atoms with Gasteiger partial charge in [0.25, 0.3) is 0 Å². The number of benzene rings is 1. The first-order chi connectivity index (χ1) is 11.1. The van der Waals surface area contributed by atoms with Gasteiger partial charge in [-0.15, -0.1) is 0 Å². The van der Waals surface area contributed by atoms with E-state index < -0.39 is 0 Å². The molecule has 124 valence electrons. The largest absolute Gasteiger partial charge is 0.370 e. The highest BCUT2D eigenvalue weighted by atomic mass is 16.2. The zero-order chi connectivity index (χ0) is 16.2. The summed E-state index contributed by atoms with van der Waals surface area (Å²) in [6.45, 7) is 1.50. The Morgan fingerprint density at radius 2 is 2.09 bits per heavy atom. The van der Waals surface area contributed by atoms with Crippen molar-refractivity contribution in [3.8, 4) is 0 Å². The van der Waals surface area contributed by atoms with Crippen molar-refractivity contribution in [1.82, 2.24) is 10.2 Å². The van der Waals surface area contributed by atoms with Crippen LogP contribution < -0.4 is 11.1 Å². The van der Waals surface area contributed by atoms with Crippen LogP contribution in [0.25, 0.3) is 0 Å². The van der Waals surface area contributed by atoms with Crippen molar-refractivity contribution >= 4 is 11.9 Å². The number of guanidine groups is 1. The van der Waals surface area contributed by atoms with Gasteiger partial charge in [0.15, 0.2) is 5.96 Å². The maximum Gasteiger partial charge on any atom is 0.223 e. The molecule has 5 heteroatoms. The number of likely N-dealkylation sites (tertiary alicyclic amines) is 1. The van der Waals surface area contributed by atoms with E-state index in [0.717, 1.165) is 6.54 Å². The molecule has 2 fully saturated rings. The molecule has 0 aromatic heterocycles. The van der Waals surface area contributed by atoms with E-state index in [0.29, 0.717) is 24.8 Å². The maximum absolute atomic E-state index is 12.1. The maximum atomic E-state index is 12.1. The van der Waals surface area contributed by atoms with Gasteiger partial charge in [-0.1, -0.05) is 36.8 Å². The highest BCUT2D eigenvalue weighted by Crippen LogP contribution is 2.36. The summed E-state index contributed by atoms with van der Waals surface area (Å²) in [4.78, 5) is 18.4. The van der Waals surface area contributed by atoms with E-state index in [4.69, 9.17) is 5.73 Å². The van der Waals surface area contributed by atoms with Gasteiger partial charge in [-0.2, -0.15) is 0 Å². The molecular formula is C18H26N4O. The quantitative estimate of drug-likeness (QED) is 0.644. The summed E-state index contributed by atoms with van der Waals surface area (Å²) < 4.78 is 0. The molecule has 1 aliphatic heterocycles. The lowest BCUT2D eigenvalue weighted by Crippen LogP contribution is -2.37. The van der Waals surface area contributed by atoms with Gasteiger partial charge in [-0.3, -0.25) is 9.79 Å². The van der Waals surface area contributed by atoms with Crippen LogP contribution in [0.15, 0.2) is 35.3 Å². The Kier molecular flexibility index (Phi) is 4.84. The zero-order valence-corrected chi connectivity index (χ0v) is 13.7. The molecule has 0 spiro atoms. The van der Waals surface area contributed by atoms with Crippen LogP contribution in [0.1, 0.15) is 37.3 Å². The van der Waals surface area contributed by atoms with Gasteiger partial charge in [-0.05, 0) is 24.3 Å². The van der Waals surface area contributed by atoms with Gasteiger partial charge in [0.05, 0.1) is 6.04 Å². The number of nitrogens with zero attached hydrogens (tertiary/aromatic N) is 2. The molecule has 1 heterocycles. The highest BCUT2D eigenvalue weighted by molar-refractivity contribution is 5.80. The number of amides is 1. The zero-order valence-electron chi connectivity index (χ0n) is 13.7. The molecule has 3 rings (SSSR count). The third-order valence-electron chi connectivity index (χ3n) is 5.13. The first kappa shape index (κ1) is 15.8. The topological polar surface area (TPSA) is 70.7 Å². The van der Waals surface area contributed by atoms with Crippen LogP contribution >= 0.6 is 0 Å². The van der Waals surface area contributed by atoms with Crippen LogP contribution in [-0.4, -0.2) is 36.9 Å². The average molecular weight is 314 g/mol. The van der Waals surface area contributed by atoms with Crippen LogP contribution in [0.4, 0.5) is 0 Å². The minimum atomic E-state index is 0.107. The normalized spacial score (nSPS) is 25.5. The molecular weight excluding hydrogens is 288 g/mol. The van der Waals surface area contributed by atoms with Crippen molar-refractivity contribution in [1.29, 1.82) is 0 Å². The summed E-state index contributed by atoms with van der Waals surface area (Å²) >= 11 is 0. The molecule has 5 nitrogen and oxygen atoms in total. The molecule has 1 amide bonds. The van der Waals surface area contributed by atoms with Gasteiger partial charge < -0.3 is 16.0 Å². The Labute approximate surface area is 138 Å². The lowest BCUT2D eigenvalue weighted by Gasteiger charge is -2.26. The first-order valence-electron chi connectivity index (χ1n) is 8.49. The number of carbonyl (C=O) groups is 1. The second kappa shape index (κ2) is 7.02. The summed E-state index contributed by atoms with van der Waals surface area (Å²) in [5.74, 6) is 1.63. The molecule has 1 aliphatic carbocycles. The molecule has 0 bridgehead atoms. The molecule has 0 radical (unpaired) electrons. The lowest BCUT2D eigenvalue weighted by molar-refractivity contribution is -0.127. The standard InChI is InChI=1S/C18H26N4O/c1-22-16(23)10-15(17(22)14-8-3-2-4-9-14)12-21-18(19)20-11-13-6-5-7-13/h2-4,8-9,13,15,17H,5-7,10-12H2,1H3,(H3,19,20,21)/t15-,17-/m0/s1. The molecule has 0 unspecified atom stereocenters. The van der Waals surface area contributed by atoms with E-state index in [1.807, 2.05) is 30.1 Å². The van der Waals surface area contributed by atoms with E-state index in [1.54, 1.807) is 0 Å². The fourth-order valence-electron chi connectivity index (χ4n) is 3.48. The van der Waals surface area contributed by atoms with Gasteiger partial charge in [-0.25, -0.2) is 0 Å². The molecule has 1 aromatic carbocycles. The summed E-state index contributed by atoms with van der Waals surface area (Å²) in [5.41, 5.74) is 7.15. The number of hydrogen-bond acceptors (Lipinski definition) is 2. The number of aliphatic imine (C=N–C) groups is 1. The van der Waals surface area contributed by atoms with Crippen LogP contribution in [0.5, 0.6) is 0 Å². The SMILES string of the molecule is CN1C(=O)C[C@@H](CNC(N)=NCC2CCC2)[C@@H]1c1ccccc1. The number of nitrogens with two attached hydrogens (primary N) is 1. The van der Waals surface area contributed by atoms with Crippen molar-refractivity contribution in [3.05, 3.63) is 35.9 Å². The smallest absolute Gasteiger partial charge is 0.223 e. The Morgan fingerprint density at radius 3 is 2.74 bits per heavy atom. The highest BCUT2D eigenvalue weighted by Gasteiger charge is 2.38. The van der Waals surface area contributed by atoms with E-state index >= 15 is 0 Å². The van der Waals surface area contributed by atoms with Crippen molar-refractivity contribution in [2.45, 2.75) is 31.7 Å². The number of hydrogen-bond donors (Lipinski definition) is 2. The molecule has 3 N–H and O–H groups in total. The Bertz CT molecular complexity index is 568. The second-order valence-electron chi connectivity index (χ2n) is 6.73. The molecule has 2 atom stereocenters. The first-order valence-corrected chi connectivity index (χ1v) is 8.49. The monoisotopic (exact) mass is 314 g/mol. The number of nitrogens with one attached hydrogen (secondary N) is 1. The summed E-state index contributed by atoms with van der Waals surface area (Å²) in [5, 5.41) is 3.22. The Hall–Kier alpha value is -2.04. The van der Waals surface area contributed by atoms with Gasteiger partial charge >= 0.3 is 0 Å². The van der Waals surface area contributed by atoms with Crippen molar-refractivity contribution < 1.29 is 4.79 Å². The van der Waals surface area contributed by atoms with Crippen molar-refractivity contribution in [2.24, 2.45) is 22.6 Å². The van der Waals surface area contributed by atoms with Crippen molar-refractivity contribution in [2.75, 3.05) is 20.1 Å². The summed E-state index contributed by atoms with van der Waals surface area (Å²) in [7, 11) is 1.88. The second-order valence-corrected chi connectivity index (χ2v) is 6.73. The molecule has 1 saturated carbocycles. The van der Waals surface area contributed by atoms with Crippen LogP contribution in [0.2, 0.25) is 0 Å². The third kappa shape index (κ3) is 3.66. The molecule has 1 saturated heterocycles. The van der Waals surface area contributed by atoms with Crippen LogP contribution in [-0.2, 0) is 4.79 Å². The summed E-state index contributed by atoms with van der Waals surface area (Å²) in [6.07, 6.45) is 4.42. The third-order valence-corrected chi connectivity index (χ3v) is 5.13. The van der Waals surface area contributed by atoms with E-state index in [9.17, 15) is 4.79 Å². The van der Waals surface area contributed by atoms with Crippen LogP contribution in [0.3, 0.4) is 0 Å². The van der Waals surface area contributed by atoms with Crippen molar-refractivity contribution in [3.63, 3.8) is 0 Å². The lowest BCUT2D eigenvalue weighted by atomic mass is 9.86. The fourth-order valence-corrected chi connectivity index (χ4v) is 3.48. The predicted octanol–water partition coefficient (Wildman–Crippen LogP) is 1.91. The molecule has 1 aromatic rings. The van der Waals surface area contributed by atoms with Gasteiger partial charge in [0, 0.05) is 32.5 Å². The van der Waals surface area contributed by atoms with Gasteiger partial charge in [0.2, 0.25) is 5.91 Å². The predicted molar refractivity (Wildman–Crippen MR) is 91.9 cm³/mol. The number of carbonyl (C=O) groups excluding carboxylic acids is 1. The fraction of sp³-hybridized carbons (Fsp3) is 0.556. The minimum Gasteiger partial charge on any atom is -0.370 e.